The molecule has 0 heterocycles. The molecule has 2 bridgehead atoms. The summed E-state index contributed by atoms with van der Waals surface area (Å²) in [6.45, 7) is 9.02. The van der Waals surface area contributed by atoms with Crippen LogP contribution in [0, 0.1) is 51.2 Å². The van der Waals surface area contributed by atoms with Crippen molar-refractivity contribution in [1.29, 1.82) is 0 Å². The molecule has 0 amide bonds. The number of aliphatic hydroxyl groups excluding tert-OH is 1. The number of allylic oxidation sites excluding steroid dienone is 2. The second-order valence-corrected chi connectivity index (χ2v) is 12.7. The molecule has 33 heavy (non-hydrogen) atoms. The summed E-state index contributed by atoms with van der Waals surface area (Å²) in [6, 6.07) is 0. The standard InChI is InChI=1S/C28H42O5/c1-16(2)17-15-27-12-9-20-25(3,10-7-11-26(20,4)23(30)32-5)21(27)14-18(17)28(24(31)33-6)13-8-19(29)22(27)28/h15-16,18-22,29H,7-14H2,1-6H3/t18?,19-,20+,21+,22?,25-,26+,27-,28-/m0/s1. The number of carbonyl (C=O) groups is 2. The van der Waals surface area contributed by atoms with Gasteiger partial charge in [-0.2, -0.15) is 0 Å². The molecule has 2 unspecified atom stereocenters. The Bertz CT molecular complexity index is 893. The van der Waals surface area contributed by atoms with Crippen LogP contribution in [0.5, 0.6) is 0 Å². The highest BCUT2D eigenvalue weighted by molar-refractivity contribution is 5.80. The van der Waals surface area contributed by atoms with Crippen LogP contribution in [0.2, 0.25) is 0 Å². The quantitative estimate of drug-likeness (QED) is 0.480. The predicted octanol–water partition coefficient (Wildman–Crippen LogP) is 4.91. The van der Waals surface area contributed by atoms with Gasteiger partial charge in [0.1, 0.15) is 0 Å². The van der Waals surface area contributed by atoms with Gasteiger partial charge < -0.3 is 14.6 Å². The van der Waals surface area contributed by atoms with Gasteiger partial charge in [0.05, 0.1) is 31.2 Å². The third kappa shape index (κ3) is 2.64. The maximum Gasteiger partial charge on any atom is 0.312 e. The van der Waals surface area contributed by atoms with E-state index in [-0.39, 0.29) is 40.5 Å². The number of aliphatic hydroxyl groups is 1. The summed E-state index contributed by atoms with van der Waals surface area (Å²) in [6.07, 6.45) is 9.27. The molecule has 6 aliphatic rings. The van der Waals surface area contributed by atoms with Gasteiger partial charge >= 0.3 is 11.9 Å². The van der Waals surface area contributed by atoms with E-state index in [0.717, 1.165) is 38.5 Å². The fourth-order valence-corrected chi connectivity index (χ4v) is 10.5. The number of hydrogen-bond donors (Lipinski definition) is 1. The van der Waals surface area contributed by atoms with Crippen LogP contribution in [0.25, 0.3) is 0 Å². The lowest BCUT2D eigenvalue weighted by atomic mass is 9.32. The molecule has 0 aromatic rings. The molecule has 9 atom stereocenters. The lowest BCUT2D eigenvalue weighted by Crippen LogP contribution is -2.69. The zero-order valence-electron chi connectivity index (χ0n) is 21.3. The van der Waals surface area contributed by atoms with Gasteiger partial charge in [-0.05, 0) is 86.4 Å². The Labute approximate surface area is 198 Å². The summed E-state index contributed by atoms with van der Waals surface area (Å²) in [4.78, 5) is 26.5. The molecule has 6 rings (SSSR count). The second kappa shape index (κ2) is 7.32. The van der Waals surface area contributed by atoms with Gasteiger partial charge in [-0.1, -0.05) is 38.8 Å². The van der Waals surface area contributed by atoms with Gasteiger partial charge in [-0.15, -0.1) is 0 Å². The Morgan fingerprint density at radius 2 is 1.70 bits per heavy atom. The summed E-state index contributed by atoms with van der Waals surface area (Å²) in [5.41, 5.74) is 0.107. The molecular weight excluding hydrogens is 416 g/mol. The molecule has 4 saturated carbocycles. The van der Waals surface area contributed by atoms with Gasteiger partial charge in [0.15, 0.2) is 0 Å². The number of hydrogen-bond acceptors (Lipinski definition) is 5. The van der Waals surface area contributed by atoms with Gasteiger partial charge in [0, 0.05) is 5.92 Å². The van der Waals surface area contributed by atoms with Crippen LogP contribution >= 0.6 is 0 Å². The monoisotopic (exact) mass is 458 g/mol. The van der Waals surface area contributed by atoms with E-state index in [2.05, 4.69) is 33.8 Å². The minimum atomic E-state index is -0.609. The highest BCUT2D eigenvalue weighted by Crippen LogP contribution is 2.78. The maximum atomic E-state index is 13.5. The van der Waals surface area contributed by atoms with Crippen molar-refractivity contribution in [3.8, 4) is 0 Å². The smallest absolute Gasteiger partial charge is 0.312 e. The van der Waals surface area contributed by atoms with Crippen LogP contribution in [-0.2, 0) is 19.1 Å². The van der Waals surface area contributed by atoms with Crippen LogP contribution in [0.15, 0.2) is 11.6 Å². The zero-order valence-corrected chi connectivity index (χ0v) is 21.3. The van der Waals surface area contributed by atoms with Gasteiger partial charge in [0.25, 0.3) is 0 Å². The molecule has 6 aliphatic carbocycles. The van der Waals surface area contributed by atoms with Crippen LogP contribution < -0.4 is 0 Å². The van der Waals surface area contributed by atoms with Gasteiger partial charge in [-0.3, -0.25) is 9.59 Å². The molecule has 4 fully saturated rings. The van der Waals surface area contributed by atoms with Crippen molar-refractivity contribution < 1.29 is 24.2 Å². The third-order valence-corrected chi connectivity index (χ3v) is 11.5. The topological polar surface area (TPSA) is 72.8 Å². The van der Waals surface area contributed by atoms with E-state index < -0.39 is 16.9 Å². The Morgan fingerprint density at radius 3 is 2.33 bits per heavy atom. The molecule has 1 spiro atoms. The van der Waals surface area contributed by atoms with Crippen LogP contribution in [-0.4, -0.2) is 37.4 Å². The fourth-order valence-electron chi connectivity index (χ4n) is 10.5. The van der Waals surface area contributed by atoms with E-state index >= 15 is 0 Å². The minimum absolute atomic E-state index is 0.0126. The summed E-state index contributed by atoms with van der Waals surface area (Å²) in [5, 5.41) is 11.4. The Morgan fingerprint density at radius 1 is 1.00 bits per heavy atom. The van der Waals surface area contributed by atoms with Crippen molar-refractivity contribution >= 4 is 11.9 Å². The summed E-state index contributed by atoms with van der Waals surface area (Å²) in [5.74, 6) is 0.824. The molecule has 184 valence electrons. The molecule has 5 nitrogen and oxygen atoms in total. The van der Waals surface area contributed by atoms with Crippen LogP contribution in [0.1, 0.15) is 79.1 Å². The average Bonchev–Trinajstić information content (AvgIpc) is 3.17. The van der Waals surface area contributed by atoms with E-state index in [0.29, 0.717) is 24.7 Å². The van der Waals surface area contributed by atoms with E-state index in [1.54, 1.807) is 0 Å². The van der Waals surface area contributed by atoms with Crippen molar-refractivity contribution in [3.05, 3.63) is 11.6 Å². The Balaban J connectivity index is 1.68. The highest BCUT2D eigenvalue weighted by Gasteiger charge is 2.76. The number of methoxy groups -OCH3 is 2. The van der Waals surface area contributed by atoms with Gasteiger partial charge in [0.2, 0.25) is 0 Å². The Kier molecular flexibility index (Phi) is 5.19. The largest absolute Gasteiger partial charge is 0.469 e. The first-order valence-corrected chi connectivity index (χ1v) is 13.1. The summed E-state index contributed by atoms with van der Waals surface area (Å²) >= 11 is 0. The summed E-state index contributed by atoms with van der Waals surface area (Å²) in [7, 11) is 3.03. The number of carbonyl (C=O) groups excluding carboxylic acids is 2. The predicted molar refractivity (Wildman–Crippen MR) is 125 cm³/mol. The lowest BCUT2D eigenvalue weighted by Gasteiger charge is -2.71. The van der Waals surface area contributed by atoms with Crippen molar-refractivity contribution in [3.63, 3.8) is 0 Å². The van der Waals surface area contributed by atoms with Crippen LogP contribution in [0.4, 0.5) is 0 Å². The molecule has 0 radical (unpaired) electrons. The van der Waals surface area contributed by atoms with Crippen molar-refractivity contribution in [1.82, 2.24) is 0 Å². The molecular formula is C28H42O5. The number of fused-ring (bicyclic) bond motifs is 1. The van der Waals surface area contributed by atoms with E-state index in [1.165, 1.54) is 19.8 Å². The molecule has 0 saturated heterocycles. The first-order chi connectivity index (χ1) is 15.5. The fraction of sp³-hybridized carbons (Fsp3) is 0.857. The van der Waals surface area contributed by atoms with E-state index in [9.17, 15) is 14.7 Å². The highest BCUT2D eigenvalue weighted by atomic mass is 16.5. The van der Waals surface area contributed by atoms with Crippen molar-refractivity contribution in [2.24, 2.45) is 51.2 Å². The van der Waals surface area contributed by atoms with Crippen molar-refractivity contribution in [2.45, 2.75) is 85.2 Å². The van der Waals surface area contributed by atoms with Crippen LogP contribution in [0.3, 0.4) is 0 Å². The number of rotatable bonds is 3. The first kappa shape index (κ1) is 23.4. The normalized spacial score (nSPS) is 50.2. The second-order valence-electron chi connectivity index (χ2n) is 12.7. The lowest BCUT2D eigenvalue weighted by molar-refractivity contribution is -0.224. The number of esters is 2. The maximum absolute atomic E-state index is 13.5. The minimum Gasteiger partial charge on any atom is -0.469 e. The third-order valence-electron chi connectivity index (χ3n) is 11.5. The molecule has 0 aliphatic heterocycles. The van der Waals surface area contributed by atoms with E-state index in [4.69, 9.17) is 9.47 Å². The molecule has 5 heteroatoms. The molecule has 0 aromatic heterocycles. The first-order valence-electron chi connectivity index (χ1n) is 13.1. The molecule has 1 N–H and O–H groups in total. The molecule has 0 aromatic carbocycles. The van der Waals surface area contributed by atoms with Crippen molar-refractivity contribution in [2.75, 3.05) is 14.2 Å². The Hall–Kier alpha value is -1.36. The average molecular weight is 459 g/mol. The SMILES string of the molecule is COC(=O)[C@]12CC[C@H](O)C1[C@@]13C=C(C(C)C)C2C[C@@H]1[C@@]1(C)CCC[C@@](C)(C(=O)OC)[C@@H]1CC3. The van der Waals surface area contributed by atoms with E-state index in [1.807, 2.05) is 0 Å². The van der Waals surface area contributed by atoms with Gasteiger partial charge in [-0.25, -0.2) is 0 Å². The zero-order chi connectivity index (χ0) is 24.0. The number of ether oxygens (including phenoxy) is 2. The summed E-state index contributed by atoms with van der Waals surface area (Å²) < 4.78 is 10.8.